The molecule has 27 heavy (non-hydrogen) atoms. The van der Waals surface area contributed by atoms with E-state index in [0.717, 1.165) is 11.1 Å². The highest BCUT2D eigenvalue weighted by Crippen LogP contribution is 2.19. The lowest BCUT2D eigenvalue weighted by atomic mass is 10.1. The Bertz CT molecular complexity index is 931. The number of ether oxygens (including phenoxy) is 1. The van der Waals surface area contributed by atoms with Crippen LogP contribution in [0.3, 0.4) is 0 Å². The Morgan fingerprint density at radius 3 is 2.59 bits per heavy atom. The summed E-state index contributed by atoms with van der Waals surface area (Å²) in [5.74, 6) is -0.606. The molecular weight excluding hydrogens is 340 g/mol. The molecule has 1 N–H and O–H groups in total. The van der Waals surface area contributed by atoms with Crippen LogP contribution in [0.1, 0.15) is 17.5 Å². The summed E-state index contributed by atoms with van der Waals surface area (Å²) >= 11 is 0. The van der Waals surface area contributed by atoms with E-state index in [0.29, 0.717) is 19.4 Å². The fraction of sp³-hybridized carbons (Fsp3) is 0.273. The minimum absolute atomic E-state index is 0.171. The van der Waals surface area contributed by atoms with Crippen molar-refractivity contribution in [2.45, 2.75) is 32.4 Å². The lowest BCUT2D eigenvalue weighted by Gasteiger charge is -2.17. The second kappa shape index (κ2) is 8.54. The third kappa shape index (κ3) is 4.56. The Labute approximate surface area is 158 Å². The average Bonchev–Trinajstić information content (AvgIpc) is 3.10. The number of aromatic nitrogens is 1. The molecule has 140 valence electrons. The SMILES string of the molecule is COC(=O)C(Cc1ccccc1)NC(=O)CCn1ccc2c(C)cccc21. The van der Waals surface area contributed by atoms with Gasteiger partial charge in [-0.25, -0.2) is 4.79 Å². The van der Waals surface area contributed by atoms with Crippen molar-refractivity contribution in [3.05, 3.63) is 71.9 Å². The van der Waals surface area contributed by atoms with E-state index in [4.69, 9.17) is 4.74 Å². The highest BCUT2D eigenvalue weighted by Gasteiger charge is 2.21. The number of amides is 1. The van der Waals surface area contributed by atoms with Gasteiger partial charge in [0.05, 0.1) is 7.11 Å². The number of esters is 1. The van der Waals surface area contributed by atoms with Crippen LogP contribution in [0.2, 0.25) is 0 Å². The van der Waals surface area contributed by atoms with Gasteiger partial charge in [0.15, 0.2) is 0 Å². The number of carbonyl (C=O) groups excluding carboxylic acids is 2. The molecule has 1 unspecified atom stereocenters. The molecule has 1 amide bonds. The Kier molecular flexibility index (Phi) is 5.91. The Morgan fingerprint density at radius 1 is 1.07 bits per heavy atom. The first-order valence-electron chi connectivity index (χ1n) is 9.04. The fourth-order valence-electron chi connectivity index (χ4n) is 3.25. The van der Waals surface area contributed by atoms with E-state index in [1.807, 2.05) is 48.7 Å². The molecule has 0 aliphatic rings. The van der Waals surface area contributed by atoms with Crippen molar-refractivity contribution in [2.24, 2.45) is 0 Å². The standard InChI is InChI=1S/C22H24N2O3/c1-16-7-6-10-20-18(16)11-13-24(20)14-12-21(25)23-19(22(26)27-2)15-17-8-4-3-5-9-17/h3-11,13,19H,12,14-15H2,1-2H3,(H,23,25). The molecule has 0 radical (unpaired) electrons. The van der Waals surface area contributed by atoms with Gasteiger partial charge in [-0.1, -0.05) is 42.5 Å². The summed E-state index contributed by atoms with van der Waals surface area (Å²) in [6.07, 6.45) is 2.69. The summed E-state index contributed by atoms with van der Waals surface area (Å²) in [6, 6.07) is 17.1. The molecule has 1 heterocycles. The first kappa shape index (κ1) is 18.7. The zero-order valence-corrected chi connectivity index (χ0v) is 15.6. The van der Waals surface area contributed by atoms with E-state index in [1.165, 1.54) is 18.1 Å². The van der Waals surface area contributed by atoms with Crippen LogP contribution in [-0.4, -0.2) is 29.6 Å². The molecule has 2 aromatic carbocycles. The van der Waals surface area contributed by atoms with Gasteiger partial charge >= 0.3 is 5.97 Å². The zero-order chi connectivity index (χ0) is 19.2. The maximum atomic E-state index is 12.4. The third-order valence-electron chi connectivity index (χ3n) is 4.72. The first-order chi connectivity index (χ1) is 13.1. The lowest BCUT2D eigenvalue weighted by molar-refractivity contribution is -0.145. The maximum Gasteiger partial charge on any atom is 0.328 e. The van der Waals surface area contributed by atoms with Gasteiger partial charge in [0.1, 0.15) is 6.04 Å². The van der Waals surface area contributed by atoms with Crippen LogP contribution in [0.4, 0.5) is 0 Å². The molecular formula is C22H24N2O3. The minimum Gasteiger partial charge on any atom is -0.467 e. The van der Waals surface area contributed by atoms with Gasteiger partial charge < -0.3 is 14.6 Å². The summed E-state index contributed by atoms with van der Waals surface area (Å²) < 4.78 is 6.91. The normalized spacial score (nSPS) is 11.9. The highest BCUT2D eigenvalue weighted by atomic mass is 16.5. The van der Waals surface area contributed by atoms with Crippen molar-refractivity contribution >= 4 is 22.8 Å². The van der Waals surface area contributed by atoms with Gasteiger partial charge in [0.2, 0.25) is 5.91 Å². The Balaban J connectivity index is 1.63. The average molecular weight is 364 g/mol. The van der Waals surface area contributed by atoms with Gasteiger partial charge in [-0.15, -0.1) is 0 Å². The van der Waals surface area contributed by atoms with Gasteiger partial charge in [-0.05, 0) is 30.2 Å². The van der Waals surface area contributed by atoms with Gasteiger partial charge in [0.25, 0.3) is 0 Å². The number of carbonyl (C=O) groups is 2. The molecule has 0 saturated heterocycles. The topological polar surface area (TPSA) is 60.3 Å². The number of nitrogens with one attached hydrogen (secondary N) is 1. The predicted octanol–water partition coefficient (Wildman–Crippen LogP) is 3.24. The molecule has 3 rings (SSSR count). The summed E-state index contributed by atoms with van der Waals surface area (Å²) in [4.78, 5) is 24.5. The van der Waals surface area contributed by atoms with Gasteiger partial charge in [-0.2, -0.15) is 0 Å². The Morgan fingerprint density at radius 2 is 1.85 bits per heavy atom. The molecule has 0 saturated carbocycles. The van der Waals surface area contributed by atoms with Crippen molar-refractivity contribution < 1.29 is 14.3 Å². The quantitative estimate of drug-likeness (QED) is 0.655. The predicted molar refractivity (Wildman–Crippen MR) is 105 cm³/mol. The van der Waals surface area contributed by atoms with Crippen molar-refractivity contribution in [3.63, 3.8) is 0 Å². The van der Waals surface area contributed by atoms with E-state index in [2.05, 4.69) is 28.9 Å². The van der Waals surface area contributed by atoms with Gasteiger partial charge in [0, 0.05) is 36.5 Å². The monoisotopic (exact) mass is 364 g/mol. The molecule has 1 atom stereocenters. The molecule has 0 bridgehead atoms. The largest absolute Gasteiger partial charge is 0.467 e. The molecule has 0 aliphatic heterocycles. The van der Waals surface area contributed by atoms with Crippen LogP contribution in [0.15, 0.2) is 60.8 Å². The number of fused-ring (bicyclic) bond motifs is 1. The molecule has 0 fully saturated rings. The maximum absolute atomic E-state index is 12.4. The minimum atomic E-state index is -0.687. The second-order valence-electron chi connectivity index (χ2n) is 6.60. The van der Waals surface area contributed by atoms with E-state index in [1.54, 1.807) is 0 Å². The van der Waals surface area contributed by atoms with E-state index in [-0.39, 0.29) is 5.91 Å². The molecule has 5 nitrogen and oxygen atoms in total. The van der Waals surface area contributed by atoms with Crippen molar-refractivity contribution in [3.8, 4) is 0 Å². The molecule has 3 aromatic rings. The summed E-state index contributed by atoms with van der Waals surface area (Å²) in [6.45, 7) is 2.63. The summed E-state index contributed by atoms with van der Waals surface area (Å²) in [5, 5.41) is 4.00. The molecule has 5 heteroatoms. The molecule has 1 aromatic heterocycles. The number of aryl methyl sites for hydroxylation is 2. The van der Waals surface area contributed by atoms with Crippen molar-refractivity contribution in [1.29, 1.82) is 0 Å². The first-order valence-corrected chi connectivity index (χ1v) is 9.04. The van der Waals surface area contributed by atoms with Crippen LogP contribution in [0.25, 0.3) is 10.9 Å². The number of nitrogens with zero attached hydrogens (tertiary/aromatic N) is 1. The lowest BCUT2D eigenvalue weighted by Crippen LogP contribution is -2.43. The number of methoxy groups -OCH3 is 1. The number of benzene rings is 2. The Hall–Kier alpha value is -3.08. The second-order valence-corrected chi connectivity index (χ2v) is 6.60. The summed E-state index contributed by atoms with van der Waals surface area (Å²) in [7, 11) is 1.33. The molecule has 0 aliphatic carbocycles. The number of hydrogen-bond acceptors (Lipinski definition) is 3. The third-order valence-corrected chi connectivity index (χ3v) is 4.72. The smallest absolute Gasteiger partial charge is 0.328 e. The van der Waals surface area contributed by atoms with Crippen molar-refractivity contribution in [2.75, 3.05) is 7.11 Å². The molecule has 0 spiro atoms. The van der Waals surface area contributed by atoms with Gasteiger partial charge in [-0.3, -0.25) is 4.79 Å². The van der Waals surface area contributed by atoms with Crippen LogP contribution >= 0.6 is 0 Å². The van der Waals surface area contributed by atoms with Crippen LogP contribution in [-0.2, 0) is 27.3 Å². The van der Waals surface area contributed by atoms with Crippen molar-refractivity contribution in [1.82, 2.24) is 9.88 Å². The number of rotatable bonds is 7. The van der Waals surface area contributed by atoms with Crippen LogP contribution in [0, 0.1) is 6.92 Å². The van der Waals surface area contributed by atoms with Crippen LogP contribution in [0.5, 0.6) is 0 Å². The number of hydrogen-bond donors (Lipinski definition) is 1. The van der Waals surface area contributed by atoms with E-state index >= 15 is 0 Å². The highest BCUT2D eigenvalue weighted by molar-refractivity contribution is 5.85. The zero-order valence-electron chi connectivity index (χ0n) is 15.6. The fourth-order valence-corrected chi connectivity index (χ4v) is 3.25. The summed E-state index contributed by atoms with van der Waals surface area (Å²) in [5.41, 5.74) is 3.29. The van der Waals surface area contributed by atoms with E-state index in [9.17, 15) is 9.59 Å². The van der Waals surface area contributed by atoms with E-state index < -0.39 is 12.0 Å². The van der Waals surface area contributed by atoms with Crippen LogP contribution < -0.4 is 5.32 Å².